The minimum Gasteiger partial charge on any atom is -0.355 e. The third kappa shape index (κ3) is 3.05. The molecule has 2 aromatic heterocycles. The van der Waals surface area contributed by atoms with Crippen molar-refractivity contribution >= 4 is 28.9 Å². The number of aryl methyl sites for hydroxylation is 1. The van der Waals surface area contributed by atoms with E-state index in [9.17, 15) is 4.79 Å². The van der Waals surface area contributed by atoms with Crippen molar-refractivity contribution in [3.05, 3.63) is 47.0 Å². The van der Waals surface area contributed by atoms with Crippen molar-refractivity contribution in [3.8, 4) is 0 Å². The summed E-state index contributed by atoms with van der Waals surface area (Å²) < 4.78 is 0. The second kappa shape index (κ2) is 6.34. The lowest BCUT2D eigenvalue weighted by atomic mass is 10.2. The highest BCUT2D eigenvalue weighted by Crippen LogP contribution is 2.24. The van der Waals surface area contributed by atoms with Gasteiger partial charge in [-0.15, -0.1) is 0 Å². The molecular formula is C14H15ClN4O. The van der Waals surface area contributed by atoms with E-state index in [1.54, 1.807) is 19.3 Å². The van der Waals surface area contributed by atoms with Crippen molar-refractivity contribution in [2.75, 3.05) is 12.4 Å². The van der Waals surface area contributed by atoms with Crippen LogP contribution < -0.4 is 10.6 Å². The molecule has 0 saturated carbocycles. The first-order valence-corrected chi connectivity index (χ1v) is 6.62. The van der Waals surface area contributed by atoms with Gasteiger partial charge < -0.3 is 10.6 Å². The Morgan fingerprint density at radius 1 is 1.35 bits per heavy atom. The summed E-state index contributed by atoms with van der Waals surface area (Å²) >= 11 is 5.91. The van der Waals surface area contributed by atoms with Crippen LogP contribution in [0, 0.1) is 0 Å². The van der Waals surface area contributed by atoms with E-state index in [4.69, 9.17) is 11.6 Å². The topological polar surface area (TPSA) is 66.9 Å². The van der Waals surface area contributed by atoms with E-state index in [1.165, 1.54) is 6.20 Å². The number of carbonyl (C=O) groups is 1. The van der Waals surface area contributed by atoms with E-state index < -0.39 is 0 Å². The van der Waals surface area contributed by atoms with Gasteiger partial charge in [0.25, 0.3) is 5.91 Å². The molecule has 5 nitrogen and oxygen atoms in total. The third-order valence-corrected chi connectivity index (χ3v) is 3.04. The molecule has 104 valence electrons. The van der Waals surface area contributed by atoms with Gasteiger partial charge in [-0.1, -0.05) is 18.5 Å². The van der Waals surface area contributed by atoms with Gasteiger partial charge in [-0.3, -0.25) is 9.78 Å². The molecule has 0 fully saturated rings. The number of halogens is 1. The smallest absolute Gasteiger partial charge is 0.254 e. The van der Waals surface area contributed by atoms with Gasteiger partial charge in [0.1, 0.15) is 5.15 Å². The summed E-state index contributed by atoms with van der Waals surface area (Å²) in [5.41, 5.74) is 2.81. The Morgan fingerprint density at radius 2 is 2.15 bits per heavy atom. The fourth-order valence-electron chi connectivity index (χ4n) is 1.83. The van der Waals surface area contributed by atoms with Crippen LogP contribution in [0.4, 0.5) is 11.4 Å². The van der Waals surface area contributed by atoms with Crippen LogP contribution in [-0.4, -0.2) is 22.9 Å². The lowest BCUT2D eigenvalue weighted by molar-refractivity contribution is 0.0963. The lowest BCUT2D eigenvalue weighted by Gasteiger charge is -2.13. The van der Waals surface area contributed by atoms with Crippen LogP contribution >= 0.6 is 11.6 Å². The molecule has 0 radical (unpaired) electrons. The maximum atomic E-state index is 11.8. The second-order valence-corrected chi connectivity index (χ2v) is 4.50. The molecule has 0 saturated heterocycles. The number of amides is 1. The highest BCUT2D eigenvalue weighted by molar-refractivity contribution is 6.29. The number of rotatable bonds is 4. The summed E-state index contributed by atoms with van der Waals surface area (Å²) in [7, 11) is 1.57. The summed E-state index contributed by atoms with van der Waals surface area (Å²) in [6, 6.07) is 5.37. The van der Waals surface area contributed by atoms with Crippen LogP contribution in [0.2, 0.25) is 5.15 Å². The van der Waals surface area contributed by atoms with Gasteiger partial charge in [0.15, 0.2) is 0 Å². The van der Waals surface area contributed by atoms with Gasteiger partial charge in [-0.2, -0.15) is 0 Å². The predicted octanol–water partition coefficient (Wildman–Crippen LogP) is 2.80. The Kier molecular flexibility index (Phi) is 4.53. The summed E-state index contributed by atoms with van der Waals surface area (Å²) in [4.78, 5) is 20.1. The van der Waals surface area contributed by atoms with E-state index in [-0.39, 0.29) is 5.91 Å². The molecule has 2 N–H and O–H groups in total. The van der Waals surface area contributed by atoms with Crippen LogP contribution in [0.1, 0.15) is 23.0 Å². The van der Waals surface area contributed by atoms with Crippen molar-refractivity contribution in [1.29, 1.82) is 0 Å². The first kappa shape index (κ1) is 14.3. The Morgan fingerprint density at radius 3 is 2.85 bits per heavy atom. The normalized spacial score (nSPS) is 10.2. The number of nitrogens with one attached hydrogen (secondary N) is 2. The summed E-state index contributed by atoms with van der Waals surface area (Å²) in [6.45, 7) is 2.02. The Bertz CT molecular complexity index is 630. The monoisotopic (exact) mass is 290 g/mol. The third-order valence-electron chi connectivity index (χ3n) is 2.84. The Balaban J connectivity index is 2.42. The molecule has 6 heteroatoms. The molecule has 0 aliphatic carbocycles. The quantitative estimate of drug-likeness (QED) is 0.850. The van der Waals surface area contributed by atoms with Crippen molar-refractivity contribution in [3.63, 3.8) is 0 Å². The number of hydrogen-bond acceptors (Lipinski definition) is 4. The zero-order valence-corrected chi connectivity index (χ0v) is 12.0. The fraction of sp³-hybridized carbons (Fsp3) is 0.214. The number of aromatic nitrogens is 2. The van der Waals surface area contributed by atoms with Gasteiger partial charge in [-0.05, 0) is 24.6 Å². The molecule has 0 aromatic carbocycles. The molecule has 0 unspecified atom stereocenters. The molecule has 0 bridgehead atoms. The predicted molar refractivity (Wildman–Crippen MR) is 79.5 cm³/mol. The van der Waals surface area contributed by atoms with Crippen LogP contribution in [-0.2, 0) is 6.42 Å². The average molecular weight is 291 g/mol. The molecule has 0 aliphatic rings. The maximum Gasteiger partial charge on any atom is 0.254 e. The highest BCUT2D eigenvalue weighted by Gasteiger charge is 2.13. The van der Waals surface area contributed by atoms with Crippen molar-refractivity contribution in [1.82, 2.24) is 15.3 Å². The molecular weight excluding hydrogens is 276 g/mol. The standard InChI is InChI=1S/C14H15ClN4O/c1-3-10-11(5-4-6-17-10)19-12-7-13(15)18-8-9(12)14(20)16-2/h4-8H,3H2,1-2H3,(H,16,20)(H,18,19). The van der Waals surface area contributed by atoms with Gasteiger partial charge >= 0.3 is 0 Å². The van der Waals surface area contributed by atoms with Crippen molar-refractivity contribution in [2.24, 2.45) is 0 Å². The molecule has 0 atom stereocenters. The number of nitrogens with zero attached hydrogens (tertiary/aromatic N) is 2. The number of pyridine rings is 2. The molecule has 1 amide bonds. The van der Waals surface area contributed by atoms with E-state index >= 15 is 0 Å². The first-order valence-electron chi connectivity index (χ1n) is 6.24. The van der Waals surface area contributed by atoms with Crippen LogP contribution in [0.15, 0.2) is 30.6 Å². The van der Waals surface area contributed by atoms with E-state index in [0.29, 0.717) is 16.4 Å². The summed E-state index contributed by atoms with van der Waals surface area (Å²) in [5, 5.41) is 6.10. The maximum absolute atomic E-state index is 11.8. The number of anilines is 2. The number of carbonyl (C=O) groups excluding carboxylic acids is 1. The van der Waals surface area contributed by atoms with Gasteiger partial charge in [0.2, 0.25) is 0 Å². The molecule has 2 rings (SSSR count). The molecule has 2 heterocycles. The SMILES string of the molecule is CCc1ncccc1Nc1cc(Cl)ncc1C(=O)NC. The Labute approximate surface area is 122 Å². The van der Waals surface area contributed by atoms with E-state index in [1.807, 2.05) is 19.1 Å². The van der Waals surface area contributed by atoms with Gasteiger partial charge in [0.05, 0.1) is 22.6 Å². The largest absolute Gasteiger partial charge is 0.355 e. The van der Waals surface area contributed by atoms with Crippen LogP contribution in [0.5, 0.6) is 0 Å². The molecule has 0 spiro atoms. The minimum absolute atomic E-state index is 0.224. The van der Waals surface area contributed by atoms with E-state index in [0.717, 1.165) is 17.8 Å². The molecule has 2 aromatic rings. The highest BCUT2D eigenvalue weighted by atomic mass is 35.5. The molecule has 0 aliphatic heterocycles. The molecule has 20 heavy (non-hydrogen) atoms. The fourth-order valence-corrected chi connectivity index (χ4v) is 1.99. The van der Waals surface area contributed by atoms with E-state index in [2.05, 4.69) is 20.6 Å². The first-order chi connectivity index (χ1) is 9.65. The number of hydrogen-bond donors (Lipinski definition) is 2. The zero-order valence-electron chi connectivity index (χ0n) is 11.3. The zero-order chi connectivity index (χ0) is 14.5. The summed E-state index contributed by atoms with van der Waals surface area (Å²) in [6.07, 6.45) is 3.98. The summed E-state index contributed by atoms with van der Waals surface area (Å²) in [5.74, 6) is -0.224. The average Bonchev–Trinajstić information content (AvgIpc) is 2.47. The lowest BCUT2D eigenvalue weighted by Crippen LogP contribution is -2.19. The van der Waals surface area contributed by atoms with Crippen LogP contribution in [0.3, 0.4) is 0 Å². The minimum atomic E-state index is -0.224. The Hall–Kier alpha value is -2.14. The van der Waals surface area contributed by atoms with Crippen LogP contribution in [0.25, 0.3) is 0 Å². The van der Waals surface area contributed by atoms with Gasteiger partial charge in [0, 0.05) is 19.4 Å². The van der Waals surface area contributed by atoms with Crippen molar-refractivity contribution < 1.29 is 4.79 Å². The second-order valence-electron chi connectivity index (χ2n) is 4.11. The van der Waals surface area contributed by atoms with Crippen molar-refractivity contribution in [2.45, 2.75) is 13.3 Å². The van der Waals surface area contributed by atoms with Gasteiger partial charge in [-0.25, -0.2) is 4.98 Å².